The summed E-state index contributed by atoms with van der Waals surface area (Å²) in [5, 5.41) is 17.6. The van der Waals surface area contributed by atoms with Gasteiger partial charge in [-0.15, -0.1) is 0 Å². The molecule has 78 valence electrons. The first-order chi connectivity index (χ1) is 6.54. The fraction of sp³-hybridized carbons (Fsp3) is 0.429. The predicted octanol–water partition coefficient (Wildman–Crippen LogP) is -1.35. The SMILES string of the molecule is O=c1[nH]c(=O)n(CC(O)CO)cc1Br. The third-order valence-corrected chi connectivity index (χ3v) is 2.15. The van der Waals surface area contributed by atoms with Gasteiger partial charge in [0.1, 0.15) is 0 Å². The van der Waals surface area contributed by atoms with Gasteiger partial charge in [-0.2, -0.15) is 0 Å². The molecule has 0 bridgehead atoms. The zero-order valence-corrected chi connectivity index (χ0v) is 8.69. The Morgan fingerprint density at radius 3 is 2.79 bits per heavy atom. The molecule has 0 aliphatic carbocycles. The number of aliphatic hydroxyl groups is 2. The summed E-state index contributed by atoms with van der Waals surface area (Å²) in [6, 6.07) is 0. The fourth-order valence-corrected chi connectivity index (χ4v) is 1.25. The number of hydrogen-bond acceptors (Lipinski definition) is 4. The topological polar surface area (TPSA) is 95.3 Å². The molecule has 0 saturated heterocycles. The Morgan fingerprint density at radius 2 is 2.21 bits per heavy atom. The Labute approximate surface area is 87.0 Å². The maximum absolute atomic E-state index is 11.1. The van der Waals surface area contributed by atoms with E-state index in [0.717, 1.165) is 4.57 Å². The summed E-state index contributed by atoms with van der Waals surface area (Å²) in [4.78, 5) is 24.1. The van der Waals surface area contributed by atoms with E-state index in [1.54, 1.807) is 0 Å². The molecular weight excluding hydrogens is 256 g/mol. The van der Waals surface area contributed by atoms with Gasteiger partial charge in [0.05, 0.1) is 23.7 Å². The molecule has 0 amide bonds. The highest BCUT2D eigenvalue weighted by Gasteiger charge is 2.06. The van der Waals surface area contributed by atoms with E-state index in [-0.39, 0.29) is 11.0 Å². The van der Waals surface area contributed by atoms with Gasteiger partial charge in [-0.1, -0.05) is 0 Å². The van der Waals surface area contributed by atoms with Crippen LogP contribution in [-0.2, 0) is 6.54 Å². The van der Waals surface area contributed by atoms with Crippen LogP contribution in [0, 0.1) is 0 Å². The first-order valence-electron chi connectivity index (χ1n) is 3.82. The zero-order valence-electron chi connectivity index (χ0n) is 7.11. The molecule has 6 nitrogen and oxygen atoms in total. The van der Waals surface area contributed by atoms with Crippen LogP contribution in [0.5, 0.6) is 0 Å². The van der Waals surface area contributed by atoms with Crippen molar-refractivity contribution < 1.29 is 10.2 Å². The molecule has 7 heteroatoms. The predicted molar refractivity (Wildman–Crippen MR) is 52.1 cm³/mol. The van der Waals surface area contributed by atoms with Gasteiger partial charge in [-0.25, -0.2) is 4.79 Å². The minimum absolute atomic E-state index is 0.0648. The minimum atomic E-state index is -1.02. The number of nitrogens with one attached hydrogen (secondary N) is 1. The monoisotopic (exact) mass is 264 g/mol. The Hall–Kier alpha value is -0.920. The maximum atomic E-state index is 11.1. The Balaban J connectivity index is 3.04. The molecule has 0 radical (unpaired) electrons. The van der Waals surface area contributed by atoms with Crippen molar-refractivity contribution in [1.29, 1.82) is 0 Å². The van der Waals surface area contributed by atoms with Crippen LogP contribution < -0.4 is 11.2 Å². The van der Waals surface area contributed by atoms with Crippen LogP contribution >= 0.6 is 15.9 Å². The summed E-state index contributed by atoms with van der Waals surface area (Å²) >= 11 is 2.94. The lowest BCUT2D eigenvalue weighted by Gasteiger charge is -2.08. The van der Waals surface area contributed by atoms with Crippen molar-refractivity contribution in [3.63, 3.8) is 0 Å². The lowest BCUT2D eigenvalue weighted by molar-refractivity contribution is 0.0799. The van der Waals surface area contributed by atoms with Gasteiger partial charge in [0.25, 0.3) is 5.56 Å². The van der Waals surface area contributed by atoms with Gasteiger partial charge >= 0.3 is 5.69 Å². The van der Waals surface area contributed by atoms with Crippen LogP contribution in [0.15, 0.2) is 20.3 Å². The lowest BCUT2D eigenvalue weighted by Crippen LogP contribution is -2.34. The van der Waals surface area contributed by atoms with E-state index < -0.39 is 24.0 Å². The van der Waals surface area contributed by atoms with E-state index in [1.807, 2.05) is 4.98 Å². The molecule has 14 heavy (non-hydrogen) atoms. The third-order valence-electron chi connectivity index (χ3n) is 1.59. The van der Waals surface area contributed by atoms with Crippen LogP contribution in [0.1, 0.15) is 0 Å². The van der Waals surface area contributed by atoms with Gasteiger partial charge in [-0.05, 0) is 15.9 Å². The number of H-pyrrole nitrogens is 1. The van der Waals surface area contributed by atoms with Gasteiger partial charge < -0.3 is 10.2 Å². The van der Waals surface area contributed by atoms with E-state index in [1.165, 1.54) is 6.20 Å². The first-order valence-corrected chi connectivity index (χ1v) is 4.62. The Morgan fingerprint density at radius 1 is 1.57 bits per heavy atom. The summed E-state index contributed by atoms with van der Waals surface area (Å²) in [7, 11) is 0. The van der Waals surface area contributed by atoms with Crippen molar-refractivity contribution in [2.45, 2.75) is 12.6 Å². The molecule has 1 rings (SSSR count). The molecule has 0 aliphatic rings. The lowest BCUT2D eigenvalue weighted by atomic mass is 10.4. The van der Waals surface area contributed by atoms with Crippen LogP contribution in [0.4, 0.5) is 0 Å². The van der Waals surface area contributed by atoms with Crippen molar-refractivity contribution in [1.82, 2.24) is 9.55 Å². The van der Waals surface area contributed by atoms with Crippen molar-refractivity contribution >= 4 is 15.9 Å². The second-order valence-corrected chi connectivity index (χ2v) is 3.58. The van der Waals surface area contributed by atoms with Crippen LogP contribution in [0.2, 0.25) is 0 Å². The van der Waals surface area contributed by atoms with E-state index >= 15 is 0 Å². The van der Waals surface area contributed by atoms with E-state index in [4.69, 9.17) is 10.2 Å². The second kappa shape index (κ2) is 4.54. The molecule has 0 aromatic carbocycles. The molecular formula is C7H9BrN2O4. The fourth-order valence-electron chi connectivity index (χ4n) is 0.903. The summed E-state index contributed by atoms with van der Waals surface area (Å²) in [5.74, 6) is 0. The standard InChI is InChI=1S/C7H9BrN2O4/c8-5-2-10(1-4(12)3-11)7(14)9-6(5)13/h2,4,11-12H,1,3H2,(H,9,13,14). The number of nitrogens with zero attached hydrogens (tertiary/aromatic N) is 1. The molecule has 0 aliphatic heterocycles. The average molecular weight is 265 g/mol. The van der Waals surface area contributed by atoms with Gasteiger partial charge in [-0.3, -0.25) is 14.3 Å². The zero-order chi connectivity index (χ0) is 10.7. The number of aromatic nitrogens is 2. The summed E-state index contributed by atoms with van der Waals surface area (Å²) in [5.41, 5.74) is -1.14. The van der Waals surface area contributed by atoms with Crippen molar-refractivity contribution in [2.75, 3.05) is 6.61 Å². The molecule has 0 fully saturated rings. The maximum Gasteiger partial charge on any atom is 0.328 e. The molecule has 0 spiro atoms. The summed E-state index contributed by atoms with van der Waals surface area (Å²) in [6.07, 6.45) is 0.241. The highest BCUT2D eigenvalue weighted by molar-refractivity contribution is 9.10. The van der Waals surface area contributed by atoms with Crippen molar-refractivity contribution in [2.24, 2.45) is 0 Å². The minimum Gasteiger partial charge on any atom is -0.394 e. The second-order valence-electron chi connectivity index (χ2n) is 2.73. The third kappa shape index (κ3) is 2.53. The van der Waals surface area contributed by atoms with Crippen LogP contribution in [0.25, 0.3) is 0 Å². The van der Waals surface area contributed by atoms with Crippen LogP contribution in [0.3, 0.4) is 0 Å². The average Bonchev–Trinajstić information content (AvgIpc) is 2.14. The number of rotatable bonds is 3. The summed E-state index contributed by atoms with van der Waals surface area (Å²) in [6.45, 7) is -0.506. The van der Waals surface area contributed by atoms with E-state index in [0.29, 0.717) is 0 Å². The highest BCUT2D eigenvalue weighted by Crippen LogP contribution is 1.98. The smallest absolute Gasteiger partial charge is 0.328 e. The molecule has 1 aromatic rings. The quantitative estimate of drug-likeness (QED) is 0.629. The molecule has 1 atom stereocenters. The summed E-state index contributed by atoms with van der Waals surface area (Å²) < 4.78 is 1.30. The first kappa shape index (κ1) is 11.2. The van der Waals surface area contributed by atoms with Gasteiger partial charge in [0.2, 0.25) is 0 Å². The Kier molecular flexibility index (Phi) is 3.62. The number of hydrogen-bond donors (Lipinski definition) is 3. The van der Waals surface area contributed by atoms with E-state index in [9.17, 15) is 9.59 Å². The number of aromatic amines is 1. The van der Waals surface area contributed by atoms with Crippen LogP contribution in [-0.4, -0.2) is 32.5 Å². The molecule has 1 heterocycles. The van der Waals surface area contributed by atoms with E-state index in [2.05, 4.69) is 15.9 Å². The normalized spacial score (nSPS) is 12.8. The molecule has 1 aromatic heterocycles. The molecule has 3 N–H and O–H groups in total. The number of aliphatic hydroxyl groups excluding tert-OH is 2. The number of halogens is 1. The van der Waals surface area contributed by atoms with Crippen molar-refractivity contribution in [3.05, 3.63) is 31.5 Å². The highest BCUT2D eigenvalue weighted by atomic mass is 79.9. The van der Waals surface area contributed by atoms with Crippen molar-refractivity contribution in [3.8, 4) is 0 Å². The molecule has 1 unspecified atom stereocenters. The Bertz CT molecular complexity index is 424. The van der Waals surface area contributed by atoms with Gasteiger partial charge in [0, 0.05) is 6.20 Å². The van der Waals surface area contributed by atoms with Gasteiger partial charge in [0.15, 0.2) is 0 Å². The molecule has 0 saturated carbocycles. The largest absolute Gasteiger partial charge is 0.394 e.